The Balaban J connectivity index is 2.08. The summed E-state index contributed by atoms with van der Waals surface area (Å²) in [4.78, 5) is 17.7. The molecule has 0 aliphatic carbocycles. The monoisotopic (exact) mass is 272 g/mol. The molecule has 0 aromatic carbocycles. The highest BCUT2D eigenvalue weighted by molar-refractivity contribution is 9.10. The lowest BCUT2D eigenvalue weighted by molar-refractivity contribution is -0.132. The third kappa shape index (κ3) is 2.19. The zero-order chi connectivity index (χ0) is 10.8. The molecule has 5 nitrogen and oxygen atoms in total. The Morgan fingerprint density at radius 2 is 2.33 bits per heavy atom. The van der Waals surface area contributed by atoms with Gasteiger partial charge in [0.1, 0.15) is 5.82 Å². The van der Waals surface area contributed by atoms with E-state index in [1.54, 1.807) is 0 Å². The summed E-state index contributed by atoms with van der Waals surface area (Å²) in [5.74, 6) is 1.07. The molecule has 6 heteroatoms. The summed E-state index contributed by atoms with van der Waals surface area (Å²) in [6, 6.07) is 0. The maximum absolute atomic E-state index is 11.7. The predicted molar refractivity (Wildman–Crippen MR) is 58.0 cm³/mol. The van der Waals surface area contributed by atoms with Crippen molar-refractivity contribution in [1.82, 2.24) is 19.7 Å². The minimum atomic E-state index is 0.211. The zero-order valence-corrected chi connectivity index (χ0v) is 10.2. The van der Waals surface area contributed by atoms with Gasteiger partial charge in [-0.25, -0.2) is 9.67 Å². The first kappa shape index (κ1) is 10.6. The smallest absolute Gasteiger partial charge is 0.223 e. The first-order valence-corrected chi connectivity index (χ1v) is 5.87. The van der Waals surface area contributed by atoms with E-state index in [0.717, 1.165) is 25.3 Å². The normalized spacial score (nSPS) is 15.2. The van der Waals surface area contributed by atoms with Crippen molar-refractivity contribution in [2.24, 2.45) is 0 Å². The third-order valence-corrected chi connectivity index (χ3v) is 2.79. The number of halogens is 1. The fourth-order valence-electron chi connectivity index (χ4n) is 1.69. The summed E-state index contributed by atoms with van der Waals surface area (Å²) in [5, 5.41) is 4.18. The number of nitrogens with zero attached hydrogens (tertiary/aromatic N) is 4. The number of aromatic nitrogens is 3. The van der Waals surface area contributed by atoms with Gasteiger partial charge >= 0.3 is 0 Å². The molecular weight excluding hydrogens is 260 g/mol. The van der Waals surface area contributed by atoms with E-state index >= 15 is 0 Å². The molecule has 2 rings (SSSR count). The van der Waals surface area contributed by atoms with E-state index in [9.17, 15) is 4.79 Å². The first-order chi connectivity index (χ1) is 7.20. The molecule has 0 atom stereocenters. The Morgan fingerprint density at radius 3 is 3.07 bits per heavy atom. The molecule has 0 radical (unpaired) electrons. The fourth-order valence-corrected chi connectivity index (χ4v) is 2.09. The minimum absolute atomic E-state index is 0.211. The lowest BCUT2D eigenvalue weighted by Crippen LogP contribution is -2.38. The van der Waals surface area contributed by atoms with E-state index in [1.165, 1.54) is 0 Å². The lowest BCUT2D eigenvalue weighted by Gasteiger charge is -2.26. The highest BCUT2D eigenvalue weighted by atomic mass is 79.9. The Morgan fingerprint density at radius 1 is 1.53 bits per heavy atom. The van der Waals surface area contributed by atoms with Crippen LogP contribution < -0.4 is 0 Å². The van der Waals surface area contributed by atoms with Gasteiger partial charge in [0.25, 0.3) is 0 Å². The van der Waals surface area contributed by atoms with Crippen LogP contribution in [0.15, 0.2) is 4.73 Å². The van der Waals surface area contributed by atoms with Crippen LogP contribution in [0.4, 0.5) is 0 Å². The second-order valence-electron chi connectivity index (χ2n) is 3.59. The van der Waals surface area contributed by atoms with Crippen LogP contribution in [0.2, 0.25) is 0 Å². The maximum Gasteiger partial charge on any atom is 0.223 e. The van der Waals surface area contributed by atoms with Crippen molar-refractivity contribution in [1.29, 1.82) is 0 Å². The van der Waals surface area contributed by atoms with Crippen molar-refractivity contribution in [2.45, 2.75) is 32.9 Å². The van der Waals surface area contributed by atoms with Crippen molar-refractivity contribution >= 4 is 21.8 Å². The molecule has 15 heavy (non-hydrogen) atoms. The number of hydrogen-bond donors (Lipinski definition) is 0. The molecule has 82 valence electrons. The summed E-state index contributed by atoms with van der Waals surface area (Å²) < 4.78 is 2.45. The topological polar surface area (TPSA) is 51.0 Å². The molecule has 1 aliphatic rings. The minimum Gasteiger partial charge on any atom is -0.333 e. The molecule has 0 N–H and O–H groups in total. The van der Waals surface area contributed by atoms with Crippen LogP contribution in [0.5, 0.6) is 0 Å². The van der Waals surface area contributed by atoms with E-state index in [1.807, 2.05) is 16.5 Å². The highest BCUT2D eigenvalue weighted by Gasteiger charge is 2.22. The Labute approximate surface area is 96.6 Å². The number of rotatable bonds is 2. The van der Waals surface area contributed by atoms with Crippen LogP contribution in [0.3, 0.4) is 0 Å². The Bertz CT molecular complexity index is 376. The number of amides is 1. The van der Waals surface area contributed by atoms with E-state index in [4.69, 9.17) is 0 Å². The van der Waals surface area contributed by atoms with Crippen LogP contribution in [0.1, 0.15) is 25.6 Å². The van der Waals surface area contributed by atoms with Gasteiger partial charge in [0.15, 0.2) is 0 Å². The standard InChI is InChI=1S/C9H13BrN4O/c1-2-3-8(15)13-4-5-14-7(6-13)11-9(10)12-14/h2-6H2,1H3. The van der Waals surface area contributed by atoms with Crippen LogP contribution >= 0.6 is 15.9 Å². The summed E-state index contributed by atoms with van der Waals surface area (Å²) in [7, 11) is 0. The highest BCUT2D eigenvalue weighted by Crippen LogP contribution is 2.13. The fraction of sp³-hybridized carbons (Fsp3) is 0.667. The number of carbonyl (C=O) groups is 1. The van der Waals surface area contributed by atoms with E-state index in [2.05, 4.69) is 26.0 Å². The molecule has 0 unspecified atom stereocenters. The van der Waals surface area contributed by atoms with Crippen LogP contribution in [-0.4, -0.2) is 32.1 Å². The average molecular weight is 273 g/mol. The first-order valence-electron chi connectivity index (χ1n) is 5.07. The summed E-state index contributed by atoms with van der Waals surface area (Å²) in [6.45, 7) is 4.07. The van der Waals surface area contributed by atoms with Gasteiger partial charge in [-0.3, -0.25) is 4.79 Å². The SMILES string of the molecule is CCCC(=O)N1CCn2nc(Br)nc2C1. The molecule has 1 amide bonds. The number of hydrogen-bond acceptors (Lipinski definition) is 3. The van der Waals surface area contributed by atoms with Crippen molar-refractivity contribution < 1.29 is 4.79 Å². The summed E-state index contributed by atoms with van der Waals surface area (Å²) in [5.41, 5.74) is 0. The maximum atomic E-state index is 11.7. The molecule has 0 saturated heterocycles. The van der Waals surface area contributed by atoms with Crippen LogP contribution in [0.25, 0.3) is 0 Å². The Hall–Kier alpha value is -0.910. The largest absolute Gasteiger partial charge is 0.333 e. The molecule has 1 aromatic heterocycles. The molecule has 0 fully saturated rings. The Kier molecular flexibility index (Phi) is 3.04. The molecule has 0 spiro atoms. The summed E-state index contributed by atoms with van der Waals surface area (Å²) in [6.07, 6.45) is 1.51. The van der Waals surface area contributed by atoms with Crippen molar-refractivity contribution in [2.75, 3.05) is 6.54 Å². The van der Waals surface area contributed by atoms with Crippen molar-refractivity contribution in [3.8, 4) is 0 Å². The predicted octanol–water partition coefficient (Wildman–Crippen LogP) is 1.18. The van der Waals surface area contributed by atoms with Crippen LogP contribution in [-0.2, 0) is 17.9 Å². The van der Waals surface area contributed by atoms with Gasteiger partial charge in [-0.1, -0.05) is 6.92 Å². The average Bonchev–Trinajstić information content (AvgIpc) is 2.57. The van der Waals surface area contributed by atoms with E-state index in [-0.39, 0.29) is 5.91 Å². The van der Waals surface area contributed by atoms with Crippen molar-refractivity contribution in [3.05, 3.63) is 10.6 Å². The van der Waals surface area contributed by atoms with Gasteiger partial charge in [-0.2, -0.15) is 0 Å². The molecule has 1 aromatic rings. The van der Waals surface area contributed by atoms with Crippen LogP contribution in [0, 0.1) is 0 Å². The molecule has 1 aliphatic heterocycles. The second-order valence-corrected chi connectivity index (χ2v) is 4.29. The third-order valence-electron chi connectivity index (χ3n) is 2.45. The lowest BCUT2D eigenvalue weighted by atomic mass is 10.2. The number of fused-ring (bicyclic) bond motifs is 1. The molecular formula is C9H13BrN4O. The summed E-state index contributed by atoms with van der Waals surface area (Å²) >= 11 is 3.23. The van der Waals surface area contributed by atoms with Gasteiger partial charge in [-0.15, -0.1) is 5.10 Å². The van der Waals surface area contributed by atoms with Gasteiger partial charge in [0.05, 0.1) is 13.1 Å². The van der Waals surface area contributed by atoms with Gasteiger partial charge in [-0.05, 0) is 22.4 Å². The molecule has 0 bridgehead atoms. The van der Waals surface area contributed by atoms with Gasteiger partial charge in [0, 0.05) is 13.0 Å². The number of carbonyl (C=O) groups excluding carboxylic acids is 1. The van der Waals surface area contributed by atoms with Crippen molar-refractivity contribution in [3.63, 3.8) is 0 Å². The zero-order valence-electron chi connectivity index (χ0n) is 8.61. The molecule has 2 heterocycles. The quantitative estimate of drug-likeness (QED) is 0.813. The van der Waals surface area contributed by atoms with E-state index in [0.29, 0.717) is 17.7 Å². The second kappa shape index (κ2) is 4.30. The van der Waals surface area contributed by atoms with Gasteiger partial charge < -0.3 is 4.90 Å². The molecule has 0 saturated carbocycles. The van der Waals surface area contributed by atoms with E-state index < -0.39 is 0 Å². The van der Waals surface area contributed by atoms with Gasteiger partial charge in [0.2, 0.25) is 10.6 Å².